The Morgan fingerprint density at radius 3 is 1.94 bits per heavy atom. The molecule has 1 nitrogen and oxygen atoms in total. The van der Waals surface area contributed by atoms with Crippen LogP contribution in [0.25, 0.3) is 0 Å². The van der Waals surface area contributed by atoms with E-state index in [1.165, 1.54) is 5.44 Å². The Morgan fingerprint density at radius 2 is 1.56 bits per heavy atom. The Bertz CT molecular complexity index is 313. The highest BCUT2D eigenvalue weighted by Crippen LogP contribution is 2.34. The van der Waals surface area contributed by atoms with Crippen LogP contribution in [0.1, 0.15) is 0 Å². The van der Waals surface area contributed by atoms with Gasteiger partial charge in [-0.1, -0.05) is 53.9 Å². The van der Waals surface area contributed by atoms with Crippen molar-refractivity contribution in [2.45, 2.75) is 44.2 Å². The first-order chi connectivity index (χ1) is 7.21. The predicted molar refractivity (Wildman–Crippen MR) is 82.7 cm³/mol. The van der Waals surface area contributed by atoms with Gasteiger partial charge in [0.1, 0.15) is 0 Å². The van der Waals surface area contributed by atoms with Crippen molar-refractivity contribution in [3.8, 4) is 0 Å². The van der Waals surface area contributed by atoms with E-state index in [-0.39, 0.29) is 0 Å². The molecule has 1 rings (SSSR count). The zero-order valence-corrected chi connectivity index (χ0v) is 14.3. The molecule has 0 aliphatic heterocycles. The van der Waals surface area contributed by atoms with E-state index >= 15 is 0 Å². The van der Waals surface area contributed by atoms with Gasteiger partial charge in [-0.2, -0.15) is 0 Å². The molecule has 0 bridgehead atoms. The lowest BCUT2D eigenvalue weighted by Crippen LogP contribution is -2.51. The molecule has 0 aliphatic rings. The normalized spacial score (nSPS) is 13.9. The highest BCUT2D eigenvalue weighted by molar-refractivity contribution is 7.55. The second-order valence-electron chi connectivity index (χ2n) is 6.52. The van der Waals surface area contributed by atoms with E-state index in [1.807, 2.05) is 12.3 Å². The second kappa shape index (κ2) is 5.11. The molecule has 1 aromatic rings. The Hall–Kier alpha value is 0.0138. The van der Waals surface area contributed by atoms with Crippen molar-refractivity contribution >= 4 is 30.2 Å². The number of aromatic nitrogens is 1. The molecular weight excluding hydrogens is 245 g/mol. The first-order valence-corrected chi connectivity index (χ1v) is 14.1. The molecule has 0 saturated carbocycles. The quantitative estimate of drug-likeness (QED) is 0.602. The van der Waals surface area contributed by atoms with Crippen LogP contribution in [0, 0.1) is 0 Å². The van der Waals surface area contributed by atoms with Gasteiger partial charge in [-0.25, -0.2) is 0 Å². The van der Waals surface area contributed by atoms with Gasteiger partial charge in [0.25, 0.3) is 0 Å². The fraction of sp³-hybridized carbons (Fsp3) is 0.583. The monoisotopic (exact) mass is 269 g/mol. The molecule has 90 valence electrons. The molecule has 0 fully saturated rings. The summed E-state index contributed by atoms with van der Waals surface area (Å²) in [7, 11) is -1.23. The van der Waals surface area contributed by atoms with Crippen LogP contribution >= 0.6 is 8.58 Å². The van der Waals surface area contributed by atoms with Crippen LogP contribution in [0.3, 0.4) is 0 Å². The first kappa shape index (κ1) is 14.1. The van der Waals surface area contributed by atoms with Crippen molar-refractivity contribution in [3.05, 3.63) is 24.4 Å². The molecule has 16 heavy (non-hydrogen) atoms. The van der Waals surface area contributed by atoms with Crippen LogP contribution in [0.5, 0.6) is 0 Å². The van der Waals surface area contributed by atoms with Crippen molar-refractivity contribution < 1.29 is 0 Å². The molecule has 0 amide bonds. The third-order valence-corrected chi connectivity index (χ3v) is 18.3. The van der Waals surface area contributed by atoms with Crippen molar-refractivity contribution in [2.24, 2.45) is 0 Å². The average Bonchev–Trinajstić information content (AvgIpc) is 2.12. The standard InChI is InChI=1S/C12H24NPSi2/c1-15(2,3)12(16(4,5)6)14-11-9-7-8-10-13-11/h7-10,12,14H,1-6H3. The topological polar surface area (TPSA) is 12.9 Å². The molecule has 1 aromatic heterocycles. The Kier molecular flexibility index (Phi) is 4.50. The van der Waals surface area contributed by atoms with Crippen molar-refractivity contribution in [3.63, 3.8) is 0 Å². The van der Waals surface area contributed by atoms with E-state index in [0.29, 0.717) is 0 Å². The van der Waals surface area contributed by atoms with Crippen LogP contribution in [-0.2, 0) is 0 Å². The zero-order chi connectivity index (χ0) is 12.4. The van der Waals surface area contributed by atoms with Crippen LogP contribution in [-0.4, -0.2) is 26.0 Å². The summed E-state index contributed by atoms with van der Waals surface area (Å²) in [6.45, 7) is 15.0. The minimum atomic E-state index is -1.07. The van der Waals surface area contributed by atoms with Crippen LogP contribution < -0.4 is 5.44 Å². The van der Waals surface area contributed by atoms with Gasteiger partial charge in [-0.15, -0.1) is 0 Å². The lowest BCUT2D eigenvalue weighted by atomic mass is 10.5. The minimum absolute atomic E-state index is 0.911. The van der Waals surface area contributed by atoms with Gasteiger partial charge in [0.2, 0.25) is 0 Å². The molecule has 0 spiro atoms. The molecule has 0 radical (unpaired) electrons. The van der Waals surface area contributed by atoms with Crippen molar-refractivity contribution in [1.82, 2.24) is 4.98 Å². The van der Waals surface area contributed by atoms with Crippen LogP contribution in [0.2, 0.25) is 39.3 Å². The van der Waals surface area contributed by atoms with E-state index in [0.717, 1.165) is 13.5 Å². The van der Waals surface area contributed by atoms with Gasteiger partial charge >= 0.3 is 0 Å². The van der Waals surface area contributed by atoms with Gasteiger partial charge in [-0.05, 0) is 17.0 Å². The van der Waals surface area contributed by atoms with E-state index in [9.17, 15) is 0 Å². The van der Waals surface area contributed by atoms with Gasteiger partial charge in [0.15, 0.2) is 0 Å². The number of hydrogen-bond acceptors (Lipinski definition) is 1. The highest BCUT2D eigenvalue weighted by atomic mass is 31.1. The fourth-order valence-electron chi connectivity index (χ4n) is 2.33. The van der Waals surface area contributed by atoms with Gasteiger partial charge in [-0.3, -0.25) is 4.98 Å². The summed E-state index contributed by atoms with van der Waals surface area (Å²) in [5.41, 5.74) is 1.30. The lowest BCUT2D eigenvalue weighted by molar-refractivity contribution is 1.38. The Morgan fingerprint density at radius 1 is 1.00 bits per heavy atom. The van der Waals surface area contributed by atoms with Gasteiger partial charge in [0, 0.05) is 22.3 Å². The second-order valence-corrected chi connectivity index (χ2v) is 20.3. The summed E-state index contributed by atoms with van der Waals surface area (Å²) < 4.78 is 0. The maximum atomic E-state index is 4.50. The van der Waals surface area contributed by atoms with Gasteiger partial charge in [0.05, 0.1) is 5.44 Å². The zero-order valence-electron chi connectivity index (χ0n) is 11.3. The Balaban J connectivity index is 2.89. The first-order valence-electron chi connectivity index (χ1n) is 5.89. The van der Waals surface area contributed by atoms with Crippen molar-refractivity contribution in [1.29, 1.82) is 0 Å². The third-order valence-electron chi connectivity index (χ3n) is 2.69. The van der Waals surface area contributed by atoms with Crippen LogP contribution in [0.4, 0.5) is 0 Å². The smallest absolute Gasteiger partial charge is 0.0597 e. The van der Waals surface area contributed by atoms with E-state index in [1.54, 1.807) is 0 Å². The molecule has 0 aromatic carbocycles. The highest BCUT2D eigenvalue weighted by Gasteiger charge is 2.37. The lowest BCUT2D eigenvalue weighted by Gasteiger charge is -2.38. The number of hydrogen-bond donors (Lipinski definition) is 0. The SMILES string of the molecule is C[Si](C)(C)C(Pc1ccccn1)[Si](C)(C)C. The van der Waals surface area contributed by atoms with E-state index in [4.69, 9.17) is 0 Å². The molecule has 0 saturated heterocycles. The average molecular weight is 269 g/mol. The summed E-state index contributed by atoms with van der Waals surface area (Å²) in [4.78, 5) is 5.44. The molecule has 1 unspecified atom stereocenters. The molecule has 4 heteroatoms. The van der Waals surface area contributed by atoms with Crippen LogP contribution in [0.15, 0.2) is 24.4 Å². The summed E-state index contributed by atoms with van der Waals surface area (Å²) in [5.74, 6) is 0. The molecular formula is C12H24NPSi2. The van der Waals surface area contributed by atoms with Gasteiger partial charge < -0.3 is 0 Å². The minimum Gasteiger partial charge on any atom is -0.257 e. The fourth-order valence-corrected chi connectivity index (χ4v) is 17.7. The number of nitrogens with zero attached hydrogens (tertiary/aromatic N) is 1. The number of pyridine rings is 1. The third kappa shape index (κ3) is 4.12. The largest absolute Gasteiger partial charge is 0.257 e. The maximum absolute atomic E-state index is 4.50. The summed E-state index contributed by atoms with van der Waals surface area (Å²) in [6, 6.07) is 6.30. The van der Waals surface area contributed by atoms with Crippen molar-refractivity contribution in [2.75, 3.05) is 0 Å². The number of rotatable bonds is 4. The Labute approximate surface area is 104 Å². The summed E-state index contributed by atoms with van der Waals surface area (Å²) in [6.07, 6.45) is 1.92. The molecule has 0 N–H and O–H groups in total. The molecule has 0 aliphatic carbocycles. The molecule has 1 atom stereocenters. The van der Waals surface area contributed by atoms with E-state index in [2.05, 4.69) is 56.4 Å². The van der Waals surface area contributed by atoms with E-state index < -0.39 is 16.1 Å². The summed E-state index contributed by atoms with van der Waals surface area (Å²) in [5, 5.41) is 0. The molecule has 1 heterocycles. The predicted octanol–water partition coefficient (Wildman–Crippen LogP) is 3.51. The summed E-state index contributed by atoms with van der Waals surface area (Å²) >= 11 is 0. The maximum Gasteiger partial charge on any atom is 0.0597 e.